The Morgan fingerprint density at radius 1 is 1.22 bits per heavy atom. The Balaban J connectivity index is 1.40. The number of fused-ring (bicyclic) bond motifs is 1. The zero-order valence-electron chi connectivity index (χ0n) is 22.3. The van der Waals surface area contributed by atoms with Crippen LogP contribution >= 0.6 is 0 Å². The minimum Gasteiger partial charge on any atom is -0.446 e. The largest absolute Gasteiger partial charge is 0.446 e. The molecule has 1 saturated heterocycles. The normalized spacial score (nSPS) is 25.5. The van der Waals surface area contributed by atoms with Crippen molar-refractivity contribution in [3.63, 3.8) is 0 Å². The molecule has 0 N–H and O–H groups in total. The summed E-state index contributed by atoms with van der Waals surface area (Å²) in [7, 11) is 1.79. The Morgan fingerprint density at radius 3 is 2.72 bits per heavy atom. The van der Waals surface area contributed by atoms with Gasteiger partial charge in [0, 0.05) is 20.0 Å². The molecule has 3 atom stereocenters. The molecule has 1 spiro atoms. The molecular weight excluding hydrogens is 460 g/mol. The number of amides is 3. The Labute approximate surface area is 214 Å². The Hall–Kier alpha value is -2.77. The van der Waals surface area contributed by atoms with Gasteiger partial charge in [0.1, 0.15) is 18.3 Å². The van der Waals surface area contributed by atoms with Crippen LogP contribution < -0.4 is 0 Å². The van der Waals surface area contributed by atoms with Gasteiger partial charge < -0.3 is 19.1 Å². The van der Waals surface area contributed by atoms with Crippen molar-refractivity contribution in [1.29, 1.82) is 0 Å². The van der Waals surface area contributed by atoms with E-state index in [0.717, 1.165) is 38.5 Å². The van der Waals surface area contributed by atoms with E-state index in [4.69, 9.17) is 14.2 Å². The molecule has 0 bridgehead atoms. The molecule has 2 aliphatic carbocycles. The molecule has 3 amide bonds. The van der Waals surface area contributed by atoms with Gasteiger partial charge in [-0.05, 0) is 81.9 Å². The van der Waals surface area contributed by atoms with Gasteiger partial charge in [0.2, 0.25) is 0 Å². The first-order valence-electron chi connectivity index (χ1n) is 13.2. The van der Waals surface area contributed by atoms with Crippen molar-refractivity contribution in [2.75, 3.05) is 20.2 Å². The van der Waals surface area contributed by atoms with Crippen molar-refractivity contribution >= 4 is 18.3 Å². The highest BCUT2D eigenvalue weighted by atomic mass is 16.6. The number of imide groups is 1. The zero-order valence-corrected chi connectivity index (χ0v) is 22.3. The van der Waals surface area contributed by atoms with Crippen molar-refractivity contribution in [1.82, 2.24) is 9.80 Å². The molecule has 0 radical (unpaired) electrons. The van der Waals surface area contributed by atoms with Crippen molar-refractivity contribution < 1.29 is 28.6 Å². The van der Waals surface area contributed by atoms with Gasteiger partial charge in [-0.2, -0.15) is 0 Å². The first-order valence-corrected chi connectivity index (χ1v) is 13.2. The molecule has 1 aromatic carbocycles. The number of unbranched alkanes of at least 4 members (excludes halogenated alkanes) is 1. The summed E-state index contributed by atoms with van der Waals surface area (Å²) in [4.78, 5) is 40.6. The van der Waals surface area contributed by atoms with Crippen molar-refractivity contribution in [2.45, 2.75) is 102 Å². The van der Waals surface area contributed by atoms with Crippen LogP contribution in [0.25, 0.3) is 0 Å². The summed E-state index contributed by atoms with van der Waals surface area (Å²) in [5, 5.41) is 0. The summed E-state index contributed by atoms with van der Waals surface area (Å²) in [6, 6.07) is 6.56. The van der Waals surface area contributed by atoms with Gasteiger partial charge in [-0.15, -0.1) is 0 Å². The van der Waals surface area contributed by atoms with Gasteiger partial charge in [-0.25, -0.2) is 19.3 Å². The van der Waals surface area contributed by atoms with Crippen LogP contribution in [-0.2, 0) is 27.1 Å². The van der Waals surface area contributed by atoms with E-state index in [1.165, 1.54) is 21.6 Å². The highest BCUT2D eigenvalue weighted by Crippen LogP contribution is 2.48. The van der Waals surface area contributed by atoms with E-state index >= 15 is 0 Å². The molecule has 1 aliphatic heterocycles. The third kappa shape index (κ3) is 5.62. The highest BCUT2D eigenvalue weighted by molar-refractivity contribution is 5.90. The molecule has 198 valence electrons. The average Bonchev–Trinajstić information content (AvgIpc) is 3.39. The third-order valence-corrected chi connectivity index (χ3v) is 7.59. The predicted molar refractivity (Wildman–Crippen MR) is 135 cm³/mol. The predicted octanol–water partition coefficient (Wildman–Crippen LogP) is 5.81. The summed E-state index contributed by atoms with van der Waals surface area (Å²) in [5.74, 6) is 0.234. The minimum absolute atomic E-state index is 0.0984. The fourth-order valence-electron chi connectivity index (χ4n) is 5.63. The monoisotopic (exact) mass is 500 g/mol. The quantitative estimate of drug-likeness (QED) is 0.475. The van der Waals surface area contributed by atoms with Crippen LogP contribution in [0.4, 0.5) is 14.4 Å². The number of hydrogen-bond acceptors (Lipinski definition) is 6. The molecule has 1 saturated carbocycles. The number of carbonyl (C=O) groups is 3. The molecule has 4 rings (SSSR count). The molecule has 3 aliphatic rings. The van der Waals surface area contributed by atoms with Gasteiger partial charge in [0.25, 0.3) is 0 Å². The molecular formula is C28H40N2O6. The van der Waals surface area contributed by atoms with E-state index < -0.39 is 23.3 Å². The smallest absolute Gasteiger partial charge is 0.420 e. The molecule has 8 heteroatoms. The van der Waals surface area contributed by atoms with Crippen molar-refractivity contribution in [3.05, 3.63) is 34.9 Å². The van der Waals surface area contributed by atoms with E-state index in [1.807, 2.05) is 0 Å². The van der Waals surface area contributed by atoms with Gasteiger partial charge in [-0.3, -0.25) is 0 Å². The average molecular weight is 501 g/mol. The van der Waals surface area contributed by atoms with Gasteiger partial charge in [0.15, 0.2) is 0 Å². The van der Waals surface area contributed by atoms with Crippen LogP contribution in [0.3, 0.4) is 0 Å². The third-order valence-electron chi connectivity index (χ3n) is 7.59. The van der Waals surface area contributed by atoms with E-state index in [0.29, 0.717) is 19.4 Å². The number of cyclic esters (lactones) is 1. The number of rotatable bonds is 5. The molecule has 1 heterocycles. The topological polar surface area (TPSA) is 85.4 Å². The lowest BCUT2D eigenvalue weighted by Crippen LogP contribution is -2.50. The number of ether oxygens (including phenoxy) is 3. The van der Waals surface area contributed by atoms with Crippen molar-refractivity contribution in [2.24, 2.45) is 0 Å². The number of carbonyl (C=O) groups excluding carboxylic acids is 3. The fourth-order valence-corrected chi connectivity index (χ4v) is 5.63. The molecule has 8 nitrogen and oxygen atoms in total. The van der Waals surface area contributed by atoms with Crippen LogP contribution in [0.5, 0.6) is 0 Å². The SMILES string of the molecule is CCCCN(C)C(=O)OC1CCc2cc([C@H]3CC[C@]4(COC(=O)N4C(=O)OC(C)(C)C)C3)ccc2C1. The summed E-state index contributed by atoms with van der Waals surface area (Å²) in [6.07, 6.45) is 5.08. The van der Waals surface area contributed by atoms with Crippen LogP contribution in [0.2, 0.25) is 0 Å². The standard InChI is InChI=1S/C28H40N2O6/c1-6-7-14-29(5)24(31)35-23-11-10-19-15-20(8-9-21(19)16-23)22-12-13-28(17-22)18-34-25(32)30(28)26(33)36-27(2,3)4/h8-9,15,22-23H,6-7,10-14,16-18H2,1-5H3/t22-,23?,28+/m0/s1. The molecule has 0 aromatic heterocycles. The van der Waals surface area contributed by atoms with Gasteiger partial charge >= 0.3 is 18.3 Å². The van der Waals surface area contributed by atoms with E-state index in [-0.39, 0.29) is 24.7 Å². The second-order valence-corrected chi connectivity index (χ2v) is 11.6. The lowest BCUT2D eigenvalue weighted by molar-refractivity contribution is 0.0191. The van der Waals surface area contributed by atoms with Gasteiger partial charge in [0.05, 0.1) is 5.54 Å². The molecule has 1 unspecified atom stereocenters. The number of benzene rings is 1. The van der Waals surface area contributed by atoms with Gasteiger partial charge in [-0.1, -0.05) is 31.5 Å². The highest BCUT2D eigenvalue weighted by Gasteiger charge is 2.56. The van der Waals surface area contributed by atoms with Crippen molar-refractivity contribution in [3.8, 4) is 0 Å². The summed E-state index contributed by atoms with van der Waals surface area (Å²) in [6.45, 7) is 8.41. The summed E-state index contributed by atoms with van der Waals surface area (Å²) < 4.78 is 16.6. The van der Waals surface area contributed by atoms with Crippen LogP contribution in [0, 0.1) is 0 Å². The number of nitrogens with zero attached hydrogens (tertiary/aromatic N) is 2. The van der Waals surface area contributed by atoms with Crippen LogP contribution in [0.15, 0.2) is 18.2 Å². The van der Waals surface area contributed by atoms with Crippen LogP contribution in [-0.4, -0.2) is 65.5 Å². The number of aryl methyl sites for hydroxylation is 1. The number of hydrogen-bond donors (Lipinski definition) is 0. The van der Waals surface area contributed by atoms with E-state index in [2.05, 4.69) is 25.1 Å². The fraction of sp³-hybridized carbons (Fsp3) is 0.679. The maximum absolute atomic E-state index is 12.8. The molecule has 36 heavy (non-hydrogen) atoms. The maximum atomic E-state index is 12.8. The Bertz CT molecular complexity index is 1000. The first kappa shape index (κ1) is 26.3. The minimum atomic E-state index is -0.686. The molecule has 2 fully saturated rings. The first-order chi connectivity index (χ1) is 17.0. The lowest BCUT2D eigenvalue weighted by atomic mass is 9.85. The maximum Gasteiger partial charge on any atom is 0.420 e. The van der Waals surface area contributed by atoms with Crippen LogP contribution in [0.1, 0.15) is 88.8 Å². The van der Waals surface area contributed by atoms with E-state index in [1.54, 1.807) is 32.7 Å². The Morgan fingerprint density at radius 2 is 2.00 bits per heavy atom. The second-order valence-electron chi connectivity index (χ2n) is 11.6. The lowest BCUT2D eigenvalue weighted by Gasteiger charge is -2.32. The van der Waals surface area contributed by atoms with E-state index in [9.17, 15) is 14.4 Å². The second kappa shape index (κ2) is 10.3. The molecule has 1 aromatic rings. The Kier molecular flexibility index (Phi) is 7.53. The summed E-state index contributed by atoms with van der Waals surface area (Å²) in [5.41, 5.74) is 2.41. The zero-order chi connectivity index (χ0) is 26.1. The summed E-state index contributed by atoms with van der Waals surface area (Å²) >= 11 is 0.